The van der Waals surface area contributed by atoms with Crippen molar-refractivity contribution in [2.75, 3.05) is 0 Å². The Morgan fingerprint density at radius 3 is 2.44 bits per heavy atom. The molecule has 0 heterocycles. The summed E-state index contributed by atoms with van der Waals surface area (Å²) in [6.45, 7) is 4.19. The summed E-state index contributed by atoms with van der Waals surface area (Å²) in [6, 6.07) is 0. The van der Waals surface area contributed by atoms with Crippen molar-refractivity contribution in [3.63, 3.8) is 0 Å². The summed E-state index contributed by atoms with van der Waals surface area (Å²) in [5.41, 5.74) is 0. The van der Waals surface area contributed by atoms with E-state index in [0.29, 0.717) is 17.6 Å². The lowest BCUT2D eigenvalue weighted by atomic mass is 9.83. The SMILES string of the molecule is C[C@H]1CC[C@@H](C)C(=O)C1. The van der Waals surface area contributed by atoms with Crippen LogP contribution in [0.4, 0.5) is 0 Å². The van der Waals surface area contributed by atoms with Crippen LogP contribution < -0.4 is 0 Å². The van der Waals surface area contributed by atoms with Gasteiger partial charge in [-0.3, -0.25) is 4.79 Å². The lowest BCUT2D eigenvalue weighted by molar-refractivity contribution is -0.125. The van der Waals surface area contributed by atoms with E-state index in [-0.39, 0.29) is 0 Å². The third-order valence-electron chi connectivity index (χ3n) is 2.19. The number of hydrogen-bond donors (Lipinski definition) is 0. The zero-order valence-electron chi connectivity index (χ0n) is 6.18. The lowest BCUT2D eigenvalue weighted by Crippen LogP contribution is -2.20. The van der Waals surface area contributed by atoms with Gasteiger partial charge in [-0.1, -0.05) is 13.8 Å². The molecule has 0 aliphatic heterocycles. The fourth-order valence-corrected chi connectivity index (χ4v) is 1.34. The van der Waals surface area contributed by atoms with Crippen LogP contribution >= 0.6 is 0 Å². The average molecular weight is 126 g/mol. The molecule has 1 nitrogen and oxygen atoms in total. The Morgan fingerprint density at radius 2 is 2.00 bits per heavy atom. The van der Waals surface area contributed by atoms with E-state index in [2.05, 4.69) is 6.92 Å². The molecule has 0 aromatic heterocycles. The molecule has 0 bridgehead atoms. The summed E-state index contributed by atoms with van der Waals surface area (Å²) in [5.74, 6) is 1.46. The highest BCUT2D eigenvalue weighted by Crippen LogP contribution is 2.24. The highest BCUT2D eigenvalue weighted by Gasteiger charge is 2.21. The number of hydrogen-bond acceptors (Lipinski definition) is 1. The minimum absolute atomic E-state index is 0.348. The smallest absolute Gasteiger partial charge is 0.135 e. The monoisotopic (exact) mass is 126 g/mol. The number of rotatable bonds is 0. The Bertz CT molecular complexity index is 118. The maximum absolute atomic E-state index is 11.0. The van der Waals surface area contributed by atoms with Gasteiger partial charge >= 0.3 is 0 Å². The quantitative estimate of drug-likeness (QED) is 0.485. The van der Waals surface area contributed by atoms with Crippen LogP contribution in [0.15, 0.2) is 0 Å². The van der Waals surface area contributed by atoms with Crippen LogP contribution in [-0.2, 0) is 4.79 Å². The van der Waals surface area contributed by atoms with Gasteiger partial charge in [0, 0.05) is 12.3 Å². The first kappa shape index (κ1) is 6.79. The molecule has 0 amide bonds. The minimum Gasteiger partial charge on any atom is -0.299 e. The number of carbonyl (C=O) groups is 1. The van der Waals surface area contributed by atoms with Gasteiger partial charge in [0.1, 0.15) is 5.78 Å². The van der Waals surface area contributed by atoms with E-state index >= 15 is 0 Å². The molecule has 1 fully saturated rings. The molecule has 52 valence electrons. The van der Waals surface area contributed by atoms with Gasteiger partial charge in [0.25, 0.3) is 0 Å². The molecule has 1 aliphatic carbocycles. The zero-order chi connectivity index (χ0) is 6.85. The maximum atomic E-state index is 11.0. The summed E-state index contributed by atoms with van der Waals surface area (Å²) in [4.78, 5) is 11.0. The summed E-state index contributed by atoms with van der Waals surface area (Å²) in [6.07, 6.45) is 3.17. The van der Waals surface area contributed by atoms with Gasteiger partial charge in [-0.2, -0.15) is 0 Å². The predicted octanol–water partition coefficient (Wildman–Crippen LogP) is 2.01. The van der Waals surface area contributed by atoms with Crippen LogP contribution in [0.2, 0.25) is 0 Å². The summed E-state index contributed by atoms with van der Waals surface area (Å²) >= 11 is 0. The Labute approximate surface area is 56.4 Å². The third kappa shape index (κ3) is 1.54. The molecule has 9 heavy (non-hydrogen) atoms. The molecule has 0 aromatic carbocycles. The van der Waals surface area contributed by atoms with Crippen molar-refractivity contribution < 1.29 is 4.79 Å². The normalized spacial score (nSPS) is 36.9. The summed E-state index contributed by atoms with van der Waals surface area (Å²) in [7, 11) is 0. The molecule has 2 atom stereocenters. The third-order valence-corrected chi connectivity index (χ3v) is 2.19. The van der Waals surface area contributed by atoms with E-state index in [0.717, 1.165) is 12.8 Å². The molecule has 1 aliphatic rings. The van der Waals surface area contributed by atoms with Crippen LogP contribution in [0.25, 0.3) is 0 Å². The van der Waals surface area contributed by atoms with Gasteiger partial charge in [0.05, 0.1) is 0 Å². The van der Waals surface area contributed by atoms with Gasteiger partial charge in [-0.05, 0) is 18.8 Å². The lowest BCUT2D eigenvalue weighted by Gasteiger charge is -2.21. The van der Waals surface area contributed by atoms with Gasteiger partial charge in [0.2, 0.25) is 0 Å². The second kappa shape index (κ2) is 2.51. The van der Waals surface area contributed by atoms with Crippen molar-refractivity contribution in [1.29, 1.82) is 0 Å². The van der Waals surface area contributed by atoms with Crippen LogP contribution in [0.5, 0.6) is 0 Å². The van der Waals surface area contributed by atoms with Crippen LogP contribution in [-0.4, -0.2) is 5.78 Å². The van der Waals surface area contributed by atoms with Crippen molar-refractivity contribution in [2.24, 2.45) is 11.8 Å². The van der Waals surface area contributed by atoms with Gasteiger partial charge in [0.15, 0.2) is 0 Å². The first-order chi connectivity index (χ1) is 4.20. The van der Waals surface area contributed by atoms with Crippen molar-refractivity contribution in [2.45, 2.75) is 33.1 Å². The molecule has 1 saturated carbocycles. The van der Waals surface area contributed by atoms with Crippen LogP contribution in [0, 0.1) is 11.8 Å². The summed E-state index contributed by atoms with van der Waals surface area (Å²) in [5, 5.41) is 0. The Balaban J connectivity index is 2.44. The molecule has 0 radical (unpaired) electrons. The van der Waals surface area contributed by atoms with E-state index in [1.54, 1.807) is 0 Å². The standard InChI is InChI=1S/C8H14O/c1-6-3-4-7(2)8(9)5-6/h6-7H,3-5H2,1-2H3/t6-,7+/m0/s1. The molecular weight excluding hydrogens is 112 g/mol. The first-order valence-corrected chi connectivity index (χ1v) is 3.73. The highest BCUT2D eigenvalue weighted by atomic mass is 16.1. The average Bonchev–Trinajstić information content (AvgIpc) is 1.80. The van der Waals surface area contributed by atoms with Gasteiger partial charge in [-0.15, -0.1) is 0 Å². The second-order valence-electron chi connectivity index (χ2n) is 3.25. The molecule has 1 heteroatoms. The first-order valence-electron chi connectivity index (χ1n) is 3.73. The Morgan fingerprint density at radius 1 is 1.33 bits per heavy atom. The molecule has 0 saturated heterocycles. The van der Waals surface area contributed by atoms with Crippen LogP contribution in [0.3, 0.4) is 0 Å². The van der Waals surface area contributed by atoms with Gasteiger partial charge < -0.3 is 0 Å². The molecule has 0 spiro atoms. The van der Waals surface area contributed by atoms with Crippen LogP contribution in [0.1, 0.15) is 33.1 Å². The Kier molecular flexibility index (Phi) is 1.89. The fraction of sp³-hybridized carbons (Fsp3) is 0.875. The number of carbonyl (C=O) groups excluding carboxylic acids is 1. The zero-order valence-corrected chi connectivity index (χ0v) is 6.18. The maximum Gasteiger partial charge on any atom is 0.135 e. The number of Topliss-reactive ketones (excluding diaryl/α,β-unsaturated/α-hetero) is 1. The largest absolute Gasteiger partial charge is 0.299 e. The van der Waals surface area contributed by atoms with Gasteiger partial charge in [-0.25, -0.2) is 0 Å². The molecule has 0 unspecified atom stereocenters. The van der Waals surface area contributed by atoms with E-state index < -0.39 is 0 Å². The van der Waals surface area contributed by atoms with Crippen molar-refractivity contribution in [3.05, 3.63) is 0 Å². The topological polar surface area (TPSA) is 17.1 Å². The fourth-order valence-electron chi connectivity index (χ4n) is 1.34. The molecule has 0 N–H and O–H groups in total. The Hall–Kier alpha value is -0.330. The molecule has 1 rings (SSSR count). The van der Waals surface area contributed by atoms with E-state index in [1.807, 2.05) is 6.92 Å². The van der Waals surface area contributed by atoms with E-state index in [1.165, 1.54) is 6.42 Å². The van der Waals surface area contributed by atoms with Crippen molar-refractivity contribution >= 4 is 5.78 Å². The highest BCUT2D eigenvalue weighted by molar-refractivity contribution is 5.81. The van der Waals surface area contributed by atoms with Crippen molar-refractivity contribution in [1.82, 2.24) is 0 Å². The summed E-state index contributed by atoms with van der Waals surface area (Å²) < 4.78 is 0. The minimum atomic E-state index is 0.348. The number of ketones is 1. The molecule has 0 aromatic rings. The van der Waals surface area contributed by atoms with E-state index in [4.69, 9.17) is 0 Å². The van der Waals surface area contributed by atoms with Crippen molar-refractivity contribution in [3.8, 4) is 0 Å². The van der Waals surface area contributed by atoms with E-state index in [9.17, 15) is 4.79 Å². The second-order valence-corrected chi connectivity index (χ2v) is 3.25. The molecular formula is C8H14O. The predicted molar refractivity (Wildman–Crippen MR) is 37.2 cm³/mol.